The van der Waals surface area contributed by atoms with E-state index in [-0.39, 0.29) is 11.6 Å². The lowest BCUT2D eigenvalue weighted by Crippen LogP contribution is -2.13. The van der Waals surface area contributed by atoms with E-state index in [1.807, 2.05) is 44.2 Å². The molecule has 3 rings (SSSR count). The van der Waals surface area contributed by atoms with E-state index >= 15 is 0 Å². The molecular formula is C19H17ClN2O3. The zero-order chi connectivity index (χ0) is 17.8. The highest BCUT2D eigenvalue weighted by Gasteiger charge is 2.15. The first-order valence-electron chi connectivity index (χ1n) is 7.84. The molecule has 2 aromatic carbocycles. The van der Waals surface area contributed by atoms with Gasteiger partial charge in [0.1, 0.15) is 5.75 Å². The Kier molecular flexibility index (Phi) is 5.05. The molecule has 128 valence electrons. The van der Waals surface area contributed by atoms with Crippen molar-refractivity contribution in [3.63, 3.8) is 0 Å². The minimum Gasteiger partial charge on any atom is -0.494 e. The highest BCUT2D eigenvalue weighted by molar-refractivity contribution is 6.31. The van der Waals surface area contributed by atoms with Crippen LogP contribution in [-0.4, -0.2) is 17.7 Å². The molecule has 0 fully saturated rings. The lowest BCUT2D eigenvalue weighted by Gasteiger charge is -2.06. The number of hydrogen-bond acceptors (Lipinski definition) is 4. The summed E-state index contributed by atoms with van der Waals surface area (Å²) in [5, 5.41) is 7.19. The van der Waals surface area contributed by atoms with E-state index in [1.54, 1.807) is 18.2 Å². The number of ether oxygens (including phenoxy) is 1. The number of carbonyl (C=O) groups is 1. The highest BCUT2D eigenvalue weighted by Crippen LogP contribution is 2.24. The summed E-state index contributed by atoms with van der Waals surface area (Å²) in [5.41, 5.74) is 2.56. The maximum atomic E-state index is 12.4. The van der Waals surface area contributed by atoms with Crippen LogP contribution in [0.3, 0.4) is 0 Å². The third-order valence-corrected chi connectivity index (χ3v) is 3.88. The number of rotatable bonds is 5. The van der Waals surface area contributed by atoms with Crippen molar-refractivity contribution < 1.29 is 14.1 Å². The molecule has 0 radical (unpaired) electrons. The van der Waals surface area contributed by atoms with Crippen molar-refractivity contribution in [1.82, 2.24) is 5.16 Å². The molecule has 1 N–H and O–H groups in total. The minimum atomic E-state index is -0.355. The predicted octanol–water partition coefficient (Wildman–Crippen LogP) is 4.95. The van der Waals surface area contributed by atoms with Crippen LogP contribution in [0, 0.1) is 6.92 Å². The van der Waals surface area contributed by atoms with Gasteiger partial charge in [0.05, 0.1) is 6.61 Å². The average molecular weight is 357 g/mol. The Labute approximate surface area is 150 Å². The van der Waals surface area contributed by atoms with Gasteiger partial charge in [-0.2, -0.15) is 0 Å². The van der Waals surface area contributed by atoms with Gasteiger partial charge in [0, 0.05) is 22.3 Å². The van der Waals surface area contributed by atoms with Gasteiger partial charge in [-0.3, -0.25) is 4.79 Å². The molecule has 3 aromatic rings. The van der Waals surface area contributed by atoms with Crippen molar-refractivity contribution in [1.29, 1.82) is 0 Å². The van der Waals surface area contributed by atoms with Crippen LogP contribution in [0.15, 0.2) is 53.1 Å². The van der Waals surface area contributed by atoms with Crippen LogP contribution < -0.4 is 10.1 Å². The van der Waals surface area contributed by atoms with E-state index in [0.29, 0.717) is 23.1 Å². The number of aryl methyl sites for hydroxylation is 1. The smallest absolute Gasteiger partial charge is 0.277 e. The van der Waals surface area contributed by atoms with Crippen molar-refractivity contribution in [3.05, 3.63) is 64.8 Å². The second-order valence-corrected chi connectivity index (χ2v) is 5.88. The Morgan fingerprint density at radius 2 is 1.96 bits per heavy atom. The number of halogens is 1. The molecule has 1 heterocycles. The fourth-order valence-corrected chi connectivity index (χ4v) is 2.49. The zero-order valence-electron chi connectivity index (χ0n) is 13.9. The number of benzene rings is 2. The second kappa shape index (κ2) is 7.40. The van der Waals surface area contributed by atoms with E-state index in [1.165, 1.54) is 0 Å². The van der Waals surface area contributed by atoms with Gasteiger partial charge >= 0.3 is 0 Å². The molecule has 0 aliphatic heterocycles. The molecule has 0 aliphatic rings. The van der Waals surface area contributed by atoms with Crippen LogP contribution in [0.1, 0.15) is 23.0 Å². The van der Waals surface area contributed by atoms with Gasteiger partial charge in [-0.15, -0.1) is 0 Å². The normalized spacial score (nSPS) is 10.5. The van der Waals surface area contributed by atoms with Gasteiger partial charge in [0.2, 0.25) is 0 Å². The number of carbonyl (C=O) groups excluding carboxylic acids is 1. The molecule has 25 heavy (non-hydrogen) atoms. The summed E-state index contributed by atoms with van der Waals surface area (Å²) >= 11 is 5.97. The Bertz CT molecular complexity index is 888. The van der Waals surface area contributed by atoms with E-state index < -0.39 is 0 Å². The van der Waals surface area contributed by atoms with Crippen LogP contribution in [0.4, 0.5) is 5.69 Å². The molecule has 0 aliphatic carbocycles. The topological polar surface area (TPSA) is 64.4 Å². The number of nitrogens with one attached hydrogen (secondary N) is 1. The van der Waals surface area contributed by atoms with Crippen LogP contribution in [0.5, 0.6) is 5.75 Å². The molecule has 0 saturated carbocycles. The first-order chi connectivity index (χ1) is 12.1. The van der Waals surface area contributed by atoms with Gasteiger partial charge in [0.15, 0.2) is 11.5 Å². The summed E-state index contributed by atoms with van der Waals surface area (Å²) in [6.45, 7) is 4.42. The Morgan fingerprint density at radius 3 is 2.68 bits per heavy atom. The monoisotopic (exact) mass is 356 g/mol. The number of anilines is 1. The van der Waals surface area contributed by atoms with Gasteiger partial charge < -0.3 is 14.6 Å². The van der Waals surface area contributed by atoms with Gasteiger partial charge in [-0.25, -0.2) is 0 Å². The van der Waals surface area contributed by atoms with Crippen LogP contribution in [-0.2, 0) is 0 Å². The van der Waals surface area contributed by atoms with Crippen molar-refractivity contribution in [2.45, 2.75) is 13.8 Å². The maximum absolute atomic E-state index is 12.4. The first-order valence-corrected chi connectivity index (χ1v) is 8.22. The summed E-state index contributed by atoms with van der Waals surface area (Å²) in [6, 6.07) is 14.3. The zero-order valence-corrected chi connectivity index (χ0v) is 14.6. The Balaban J connectivity index is 1.76. The molecule has 0 atom stereocenters. The molecule has 1 amide bonds. The van der Waals surface area contributed by atoms with Gasteiger partial charge in [-0.05, 0) is 55.8 Å². The third-order valence-electron chi connectivity index (χ3n) is 3.64. The molecule has 0 spiro atoms. The fourth-order valence-electron chi connectivity index (χ4n) is 2.32. The van der Waals surface area contributed by atoms with Crippen molar-refractivity contribution >= 4 is 23.2 Å². The van der Waals surface area contributed by atoms with Crippen LogP contribution in [0.2, 0.25) is 5.02 Å². The number of nitrogens with zero attached hydrogens (tertiary/aromatic N) is 1. The fraction of sp³-hybridized carbons (Fsp3) is 0.158. The highest BCUT2D eigenvalue weighted by atomic mass is 35.5. The van der Waals surface area contributed by atoms with Crippen molar-refractivity contribution in [2.75, 3.05) is 11.9 Å². The molecule has 5 nitrogen and oxygen atoms in total. The number of hydrogen-bond donors (Lipinski definition) is 1. The van der Waals surface area contributed by atoms with Gasteiger partial charge in [0.25, 0.3) is 5.91 Å². The van der Waals surface area contributed by atoms with E-state index in [4.69, 9.17) is 20.9 Å². The first kappa shape index (κ1) is 17.0. The standard InChI is InChI=1S/C19H17ClN2O3/c1-3-24-15-8-5-13(6-9-15)18-11-17(22-25-18)19(23)21-16-10-14(20)7-4-12(16)2/h4-11H,3H2,1-2H3,(H,21,23). The molecule has 0 unspecified atom stereocenters. The Hall–Kier alpha value is -2.79. The molecular weight excluding hydrogens is 340 g/mol. The second-order valence-electron chi connectivity index (χ2n) is 5.45. The van der Waals surface area contributed by atoms with E-state index in [0.717, 1.165) is 16.9 Å². The quantitative estimate of drug-likeness (QED) is 0.702. The predicted molar refractivity (Wildman–Crippen MR) is 97.3 cm³/mol. The molecule has 0 saturated heterocycles. The molecule has 6 heteroatoms. The summed E-state index contributed by atoms with van der Waals surface area (Å²) in [4.78, 5) is 12.4. The SMILES string of the molecule is CCOc1ccc(-c2cc(C(=O)Nc3cc(Cl)ccc3C)no2)cc1. The summed E-state index contributed by atoms with van der Waals surface area (Å²) in [5.74, 6) is 0.933. The third kappa shape index (κ3) is 4.00. The lowest BCUT2D eigenvalue weighted by molar-refractivity contribution is 0.101. The largest absolute Gasteiger partial charge is 0.494 e. The average Bonchev–Trinajstić information content (AvgIpc) is 3.09. The van der Waals surface area contributed by atoms with Crippen molar-refractivity contribution in [3.8, 4) is 17.1 Å². The van der Waals surface area contributed by atoms with Gasteiger partial charge in [-0.1, -0.05) is 22.8 Å². The van der Waals surface area contributed by atoms with Crippen LogP contribution >= 0.6 is 11.6 Å². The van der Waals surface area contributed by atoms with E-state index in [2.05, 4.69) is 10.5 Å². The summed E-state index contributed by atoms with van der Waals surface area (Å²) < 4.78 is 10.7. The van der Waals surface area contributed by atoms with Crippen molar-refractivity contribution in [2.24, 2.45) is 0 Å². The Morgan fingerprint density at radius 1 is 1.20 bits per heavy atom. The maximum Gasteiger partial charge on any atom is 0.277 e. The van der Waals surface area contributed by atoms with E-state index in [9.17, 15) is 4.79 Å². The number of aromatic nitrogens is 1. The lowest BCUT2D eigenvalue weighted by atomic mass is 10.1. The summed E-state index contributed by atoms with van der Waals surface area (Å²) in [7, 11) is 0. The minimum absolute atomic E-state index is 0.197. The molecule has 1 aromatic heterocycles. The summed E-state index contributed by atoms with van der Waals surface area (Å²) in [6.07, 6.45) is 0. The molecule has 0 bridgehead atoms. The van der Waals surface area contributed by atoms with Crippen LogP contribution in [0.25, 0.3) is 11.3 Å². The number of amides is 1.